The lowest BCUT2D eigenvalue weighted by Crippen LogP contribution is -2.41. The fourth-order valence-corrected chi connectivity index (χ4v) is 4.09. The highest BCUT2D eigenvalue weighted by Crippen LogP contribution is 2.36. The van der Waals surface area contributed by atoms with Crippen molar-refractivity contribution in [3.8, 4) is 0 Å². The first-order valence-corrected chi connectivity index (χ1v) is 13.3. The van der Waals surface area contributed by atoms with E-state index in [1.165, 1.54) is 0 Å². The van der Waals surface area contributed by atoms with Gasteiger partial charge in [0.1, 0.15) is 0 Å². The van der Waals surface area contributed by atoms with E-state index in [0.717, 1.165) is 12.0 Å². The van der Waals surface area contributed by atoms with Crippen molar-refractivity contribution < 1.29 is 21.8 Å². The molecule has 0 aliphatic heterocycles. The van der Waals surface area contributed by atoms with Crippen molar-refractivity contribution in [2.24, 2.45) is 0 Å². The molecule has 0 saturated carbocycles. The summed E-state index contributed by atoms with van der Waals surface area (Å²) < 4.78 is 41.1. The van der Waals surface area contributed by atoms with E-state index in [4.69, 9.17) is 13.3 Å². The molecule has 0 heterocycles. The van der Waals surface area contributed by atoms with Gasteiger partial charge < -0.3 is 9.16 Å². The molecule has 0 amide bonds. The summed E-state index contributed by atoms with van der Waals surface area (Å²) in [4.78, 5) is 0.179. The minimum atomic E-state index is -3.72. The summed E-state index contributed by atoms with van der Waals surface area (Å²) in [6.07, 6.45) is 1.13. The molecule has 0 aromatic heterocycles. The van der Waals surface area contributed by atoms with Crippen LogP contribution in [0, 0.1) is 6.92 Å². The van der Waals surface area contributed by atoms with Crippen LogP contribution in [0.25, 0.3) is 0 Å². The first-order chi connectivity index (χ1) is 11.9. The third kappa shape index (κ3) is 7.11. The van der Waals surface area contributed by atoms with E-state index in [1.54, 1.807) is 31.4 Å². The van der Waals surface area contributed by atoms with Crippen molar-refractivity contribution in [1.29, 1.82) is 0 Å². The van der Waals surface area contributed by atoms with Crippen molar-refractivity contribution in [1.82, 2.24) is 0 Å². The maximum atomic E-state index is 12.2. The Morgan fingerprint density at radius 3 is 2.08 bits per heavy atom. The predicted molar refractivity (Wildman–Crippen MR) is 107 cm³/mol. The third-order valence-electron chi connectivity index (χ3n) is 5.03. The maximum Gasteiger partial charge on any atom is 0.296 e. The number of ether oxygens (including phenoxy) is 1. The van der Waals surface area contributed by atoms with E-state index >= 15 is 0 Å². The van der Waals surface area contributed by atoms with Gasteiger partial charge in [0.25, 0.3) is 10.1 Å². The molecule has 0 bridgehead atoms. The lowest BCUT2D eigenvalue weighted by atomic mass is 10.2. The van der Waals surface area contributed by atoms with Gasteiger partial charge in [0.05, 0.1) is 17.6 Å². The van der Waals surface area contributed by atoms with Crippen LogP contribution in [0.4, 0.5) is 0 Å². The maximum absolute atomic E-state index is 12.2. The molecule has 0 saturated heterocycles. The summed E-state index contributed by atoms with van der Waals surface area (Å²) in [5.41, 5.74) is 1.00. The molecule has 1 rings (SSSR count). The fourth-order valence-electron chi connectivity index (χ4n) is 2.10. The first-order valence-electron chi connectivity index (χ1n) is 9.02. The molecule has 0 unspecified atom stereocenters. The van der Waals surface area contributed by atoms with Crippen LogP contribution >= 0.6 is 0 Å². The van der Waals surface area contributed by atoms with Gasteiger partial charge in [-0.25, -0.2) is 0 Å². The molecule has 7 heteroatoms. The largest absolute Gasteiger partial charge is 0.417 e. The summed E-state index contributed by atoms with van der Waals surface area (Å²) >= 11 is 0. The highest BCUT2D eigenvalue weighted by Gasteiger charge is 2.37. The van der Waals surface area contributed by atoms with Crippen molar-refractivity contribution >= 4 is 18.4 Å². The number of benzene rings is 1. The molecule has 5 nitrogen and oxygen atoms in total. The van der Waals surface area contributed by atoms with Crippen LogP contribution in [0.2, 0.25) is 18.1 Å². The van der Waals surface area contributed by atoms with E-state index in [0.29, 0.717) is 13.0 Å². The van der Waals surface area contributed by atoms with E-state index in [1.807, 2.05) is 6.92 Å². The van der Waals surface area contributed by atoms with Crippen LogP contribution in [0.5, 0.6) is 0 Å². The molecular weight excluding hydrogens is 368 g/mol. The Hall–Kier alpha value is -0.733. The molecule has 1 atom stereocenters. The van der Waals surface area contributed by atoms with Gasteiger partial charge in [-0.05, 0) is 50.0 Å². The standard InChI is InChI=1S/C19H34O5SSi/c1-16-8-10-18(11-9-16)25(20,21)23-14-12-17(22-5)13-15-24-26(6,7)19(2,3)4/h8-11,17H,12-15H2,1-7H3/t17-/m0/s1. The minimum Gasteiger partial charge on any atom is -0.417 e. The molecule has 0 radical (unpaired) electrons. The van der Waals surface area contributed by atoms with Crippen molar-refractivity contribution in [3.63, 3.8) is 0 Å². The first kappa shape index (κ1) is 23.3. The van der Waals surface area contributed by atoms with E-state index in [9.17, 15) is 8.42 Å². The average Bonchev–Trinajstić information content (AvgIpc) is 2.52. The smallest absolute Gasteiger partial charge is 0.296 e. The quantitative estimate of drug-likeness (QED) is 0.425. The molecule has 1 aromatic carbocycles. The van der Waals surface area contributed by atoms with Crippen LogP contribution < -0.4 is 0 Å². The molecule has 0 spiro atoms. The summed E-state index contributed by atoms with van der Waals surface area (Å²) in [6.45, 7) is 13.7. The van der Waals surface area contributed by atoms with Crippen LogP contribution in [0.1, 0.15) is 39.2 Å². The monoisotopic (exact) mass is 402 g/mol. The molecule has 0 fully saturated rings. The summed E-state index contributed by atoms with van der Waals surface area (Å²) in [6, 6.07) is 6.63. The Bertz CT molecular complexity index is 648. The van der Waals surface area contributed by atoms with Gasteiger partial charge in [-0.3, -0.25) is 4.18 Å². The molecule has 0 aliphatic rings. The Balaban J connectivity index is 2.46. The lowest BCUT2D eigenvalue weighted by Gasteiger charge is -2.36. The zero-order valence-corrected chi connectivity index (χ0v) is 19.0. The van der Waals surface area contributed by atoms with Gasteiger partial charge in [0.15, 0.2) is 8.32 Å². The highest BCUT2D eigenvalue weighted by molar-refractivity contribution is 7.86. The Kier molecular flexibility index (Phi) is 8.48. The second-order valence-electron chi connectivity index (χ2n) is 8.13. The predicted octanol–water partition coefficient (Wildman–Crippen LogP) is 4.52. The fraction of sp³-hybridized carbons (Fsp3) is 0.684. The van der Waals surface area contributed by atoms with E-state index < -0.39 is 18.4 Å². The van der Waals surface area contributed by atoms with Gasteiger partial charge in [0, 0.05) is 13.7 Å². The van der Waals surface area contributed by atoms with Gasteiger partial charge in [-0.15, -0.1) is 0 Å². The van der Waals surface area contributed by atoms with Crippen molar-refractivity contribution in [2.75, 3.05) is 20.3 Å². The van der Waals surface area contributed by atoms with Gasteiger partial charge >= 0.3 is 0 Å². The number of hydrogen-bond acceptors (Lipinski definition) is 5. The highest BCUT2D eigenvalue weighted by atomic mass is 32.2. The normalized spacial score (nSPS) is 14.4. The van der Waals surface area contributed by atoms with Gasteiger partial charge in [0.2, 0.25) is 0 Å². The van der Waals surface area contributed by atoms with Crippen LogP contribution in [-0.4, -0.2) is 43.2 Å². The summed E-state index contributed by atoms with van der Waals surface area (Å²) in [5, 5.41) is 0.167. The molecule has 26 heavy (non-hydrogen) atoms. The molecular formula is C19H34O5SSi. The van der Waals surface area contributed by atoms with Crippen LogP contribution in [0.15, 0.2) is 29.2 Å². The SMILES string of the molecule is CO[C@H](CCO[Si](C)(C)C(C)(C)C)CCOS(=O)(=O)c1ccc(C)cc1. The average molecular weight is 403 g/mol. The number of aryl methyl sites for hydroxylation is 1. The van der Waals surface area contributed by atoms with Crippen LogP contribution in [0.3, 0.4) is 0 Å². The number of hydrogen-bond donors (Lipinski definition) is 0. The lowest BCUT2D eigenvalue weighted by molar-refractivity contribution is 0.0620. The number of methoxy groups -OCH3 is 1. The molecule has 150 valence electrons. The molecule has 0 aliphatic carbocycles. The molecule has 0 N–H and O–H groups in total. The van der Waals surface area contributed by atoms with Crippen LogP contribution in [-0.2, 0) is 23.5 Å². The van der Waals surface area contributed by atoms with Crippen molar-refractivity contribution in [2.45, 2.75) is 69.7 Å². The minimum absolute atomic E-state index is 0.0898. The second kappa shape index (κ2) is 9.46. The Morgan fingerprint density at radius 2 is 1.58 bits per heavy atom. The third-order valence-corrected chi connectivity index (χ3v) is 10.9. The summed E-state index contributed by atoms with van der Waals surface area (Å²) in [7, 11) is -3.87. The van der Waals surface area contributed by atoms with Gasteiger partial charge in [-0.1, -0.05) is 38.5 Å². The Morgan fingerprint density at radius 1 is 1.04 bits per heavy atom. The molecule has 1 aromatic rings. The van der Waals surface area contributed by atoms with Gasteiger partial charge in [-0.2, -0.15) is 8.42 Å². The number of rotatable bonds is 10. The Labute approximate surface area is 160 Å². The second-order valence-corrected chi connectivity index (χ2v) is 14.6. The zero-order chi connectivity index (χ0) is 20.0. The topological polar surface area (TPSA) is 61.8 Å². The summed E-state index contributed by atoms with van der Waals surface area (Å²) in [5.74, 6) is 0. The van der Waals surface area contributed by atoms with E-state index in [2.05, 4.69) is 33.9 Å². The van der Waals surface area contributed by atoms with E-state index in [-0.39, 0.29) is 22.6 Å². The van der Waals surface area contributed by atoms with Crippen molar-refractivity contribution in [3.05, 3.63) is 29.8 Å². The zero-order valence-electron chi connectivity index (χ0n) is 17.2.